The number of ether oxygens (including phenoxy) is 4. The SMILES string of the molecule is CC(=O)OCC1O[C@H](Br)C(OCc2ccccc2)C(O)[C@H]1OC(C)=O. The molecule has 0 amide bonds. The number of carbonyl (C=O) groups is 2. The summed E-state index contributed by atoms with van der Waals surface area (Å²) in [6, 6.07) is 9.45. The monoisotopic (exact) mass is 416 g/mol. The first-order chi connectivity index (χ1) is 11.9. The van der Waals surface area contributed by atoms with E-state index in [-0.39, 0.29) is 13.2 Å². The van der Waals surface area contributed by atoms with Crippen LogP contribution < -0.4 is 0 Å². The third-order valence-electron chi connectivity index (χ3n) is 3.64. The zero-order valence-corrected chi connectivity index (χ0v) is 15.5. The molecule has 1 heterocycles. The first-order valence-electron chi connectivity index (χ1n) is 7.82. The number of alkyl halides is 1. The minimum absolute atomic E-state index is 0.141. The smallest absolute Gasteiger partial charge is 0.303 e. The van der Waals surface area contributed by atoms with Gasteiger partial charge in [-0.15, -0.1) is 0 Å². The first kappa shape index (κ1) is 19.8. The van der Waals surface area contributed by atoms with E-state index in [1.807, 2.05) is 30.3 Å². The van der Waals surface area contributed by atoms with Crippen LogP contribution in [0, 0.1) is 0 Å². The van der Waals surface area contributed by atoms with E-state index >= 15 is 0 Å². The van der Waals surface area contributed by atoms with E-state index in [1.54, 1.807) is 0 Å². The minimum atomic E-state index is -1.15. The molecule has 5 atom stereocenters. The Bertz CT molecular complexity index is 580. The van der Waals surface area contributed by atoms with Crippen molar-refractivity contribution in [2.75, 3.05) is 6.61 Å². The lowest BCUT2D eigenvalue weighted by atomic mass is 10.00. The van der Waals surface area contributed by atoms with E-state index in [2.05, 4.69) is 15.9 Å². The van der Waals surface area contributed by atoms with Crippen LogP contribution in [-0.2, 0) is 35.1 Å². The molecule has 138 valence electrons. The molecule has 0 bridgehead atoms. The topological polar surface area (TPSA) is 91.3 Å². The van der Waals surface area contributed by atoms with Gasteiger partial charge in [-0.3, -0.25) is 9.59 Å². The molecule has 1 saturated heterocycles. The van der Waals surface area contributed by atoms with Crippen molar-refractivity contribution in [2.45, 2.75) is 49.9 Å². The number of aliphatic hydroxyl groups excluding tert-OH is 1. The Morgan fingerprint density at radius 1 is 1.16 bits per heavy atom. The van der Waals surface area contributed by atoms with Crippen LogP contribution in [-0.4, -0.2) is 53.1 Å². The van der Waals surface area contributed by atoms with Crippen molar-refractivity contribution in [3.05, 3.63) is 35.9 Å². The van der Waals surface area contributed by atoms with Gasteiger partial charge in [0.1, 0.15) is 29.9 Å². The van der Waals surface area contributed by atoms with Gasteiger partial charge in [0.25, 0.3) is 0 Å². The maximum absolute atomic E-state index is 11.4. The summed E-state index contributed by atoms with van der Waals surface area (Å²) in [5.41, 5.74) is 0.931. The van der Waals surface area contributed by atoms with Crippen LogP contribution in [0.2, 0.25) is 0 Å². The molecule has 0 saturated carbocycles. The average Bonchev–Trinajstić information content (AvgIpc) is 2.56. The second kappa shape index (κ2) is 9.28. The number of esters is 2. The molecule has 3 unspecified atom stereocenters. The summed E-state index contributed by atoms with van der Waals surface area (Å²) in [5, 5.41) is 9.95. The zero-order chi connectivity index (χ0) is 18.4. The molecule has 0 radical (unpaired) electrons. The Hall–Kier alpha value is -1.48. The predicted octanol–water partition coefficient (Wildman–Crippen LogP) is 1.55. The lowest BCUT2D eigenvalue weighted by Gasteiger charge is -2.41. The molecule has 8 heteroatoms. The Labute approximate surface area is 154 Å². The van der Waals surface area contributed by atoms with Crippen LogP contribution in [0.5, 0.6) is 0 Å². The third kappa shape index (κ3) is 5.78. The summed E-state index contributed by atoms with van der Waals surface area (Å²) in [4.78, 5) is 22.4. The van der Waals surface area contributed by atoms with E-state index < -0.39 is 41.4 Å². The number of carbonyl (C=O) groups excluding carboxylic acids is 2. The fourth-order valence-electron chi connectivity index (χ4n) is 2.50. The van der Waals surface area contributed by atoms with Crippen LogP contribution in [0.25, 0.3) is 0 Å². The van der Waals surface area contributed by atoms with E-state index in [4.69, 9.17) is 18.9 Å². The van der Waals surface area contributed by atoms with Crippen LogP contribution >= 0.6 is 15.9 Å². The van der Waals surface area contributed by atoms with Crippen molar-refractivity contribution in [2.24, 2.45) is 0 Å². The number of hydrogen-bond acceptors (Lipinski definition) is 7. The van der Waals surface area contributed by atoms with Gasteiger partial charge >= 0.3 is 11.9 Å². The highest BCUT2D eigenvalue weighted by molar-refractivity contribution is 9.09. The van der Waals surface area contributed by atoms with Crippen molar-refractivity contribution in [3.63, 3.8) is 0 Å². The number of halogens is 1. The van der Waals surface area contributed by atoms with Gasteiger partial charge in [0, 0.05) is 13.8 Å². The normalized spacial score (nSPS) is 29.0. The minimum Gasteiger partial charge on any atom is -0.463 e. The highest BCUT2D eigenvalue weighted by atomic mass is 79.9. The quantitative estimate of drug-likeness (QED) is 0.555. The van der Waals surface area contributed by atoms with Crippen molar-refractivity contribution >= 4 is 27.9 Å². The molecule has 1 fully saturated rings. The summed E-state index contributed by atoms with van der Waals surface area (Å²) < 4.78 is 21.6. The molecule has 7 nitrogen and oxygen atoms in total. The number of benzene rings is 1. The molecule has 1 aliphatic rings. The number of aliphatic hydroxyl groups is 1. The maximum Gasteiger partial charge on any atom is 0.303 e. The van der Waals surface area contributed by atoms with Crippen LogP contribution in [0.4, 0.5) is 0 Å². The fourth-order valence-corrected chi connectivity index (χ4v) is 3.24. The summed E-state index contributed by atoms with van der Waals surface area (Å²) >= 11 is 3.32. The second-order valence-corrected chi connectivity index (χ2v) is 6.56. The van der Waals surface area contributed by atoms with Crippen LogP contribution in [0.15, 0.2) is 30.3 Å². The van der Waals surface area contributed by atoms with Crippen molar-refractivity contribution in [3.8, 4) is 0 Å². The Kier molecular flexibility index (Phi) is 7.37. The van der Waals surface area contributed by atoms with Crippen molar-refractivity contribution in [1.29, 1.82) is 0 Å². The van der Waals surface area contributed by atoms with Crippen LogP contribution in [0.3, 0.4) is 0 Å². The van der Waals surface area contributed by atoms with E-state index in [1.165, 1.54) is 13.8 Å². The molecule has 25 heavy (non-hydrogen) atoms. The Balaban J connectivity index is 2.06. The molecule has 1 aliphatic heterocycles. The van der Waals surface area contributed by atoms with Gasteiger partial charge in [-0.1, -0.05) is 46.3 Å². The Morgan fingerprint density at radius 2 is 1.84 bits per heavy atom. The maximum atomic E-state index is 11.4. The van der Waals surface area contributed by atoms with Gasteiger partial charge in [-0.25, -0.2) is 0 Å². The zero-order valence-electron chi connectivity index (χ0n) is 14.0. The molecule has 0 aliphatic carbocycles. The van der Waals surface area contributed by atoms with Gasteiger partial charge < -0.3 is 24.1 Å². The molecular formula is C17H21BrO7. The summed E-state index contributed by atoms with van der Waals surface area (Å²) in [5.74, 6) is -1.07. The lowest BCUT2D eigenvalue weighted by molar-refractivity contribution is -0.232. The Morgan fingerprint density at radius 3 is 2.44 bits per heavy atom. The summed E-state index contributed by atoms with van der Waals surface area (Å²) in [7, 11) is 0. The number of rotatable bonds is 6. The van der Waals surface area contributed by atoms with E-state index in [9.17, 15) is 14.7 Å². The van der Waals surface area contributed by atoms with Gasteiger partial charge in [-0.05, 0) is 5.56 Å². The summed E-state index contributed by atoms with van der Waals surface area (Å²) in [6.07, 6.45) is -3.72. The van der Waals surface area contributed by atoms with Crippen molar-refractivity contribution < 1.29 is 33.6 Å². The molecule has 0 spiro atoms. The van der Waals surface area contributed by atoms with Gasteiger partial charge in [0.2, 0.25) is 0 Å². The lowest BCUT2D eigenvalue weighted by Crippen LogP contribution is -2.59. The van der Waals surface area contributed by atoms with Gasteiger partial charge in [0.05, 0.1) is 6.61 Å². The van der Waals surface area contributed by atoms with Gasteiger partial charge in [-0.2, -0.15) is 0 Å². The van der Waals surface area contributed by atoms with Crippen molar-refractivity contribution in [1.82, 2.24) is 0 Å². The third-order valence-corrected chi connectivity index (χ3v) is 4.38. The average molecular weight is 417 g/mol. The van der Waals surface area contributed by atoms with E-state index in [0.717, 1.165) is 5.56 Å². The number of hydrogen-bond donors (Lipinski definition) is 1. The standard InChI is InChI=1S/C17H21BrO7/c1-10(19)22-9-13-15(24-11(2)20)14(21)16(17(18)25-13)23-8-12-6-4-3-5-7-12/h3-7,13-17,21H,8-9H2,1-2H3/t13?,14?,15-,16?,17-/m0/s1. The second-order valence-electron chi connectivity index (χ2n) is 5.65. The molecule has 1 aromatic carbocycles. The molecule has 1 N–H and O–H groups in total. The molecule has 0 aromatic heterocycles. The first-order valence-corrected chi connectivity index (χ1v) is 8.73. The largest absolute Gasteiger partial charge is 0.463 e. The predicted molar refractivity (Wildman–Crippen MR) is 90.8 cm³/mol. The van der Waals surface area contributed by atoms with Crippen LogP contribution in [0.1, 0.15) is 19.4 Å². The highest BCUT2D eigenvalue weighted by Gasteiger charge is 2.47. The highest BCUT2D eigenvalue weighted by Crippen LogP contribution is 2.30. The molecule has 1 aromatic rings. The molecular weight excluding hydrogens is 396 g/mol. The summed E-state index contributed by atoms with van der Waals surface area (Å²) in [6.45, 7) is 2.61. The van der Waals surface area contributed by atoms with E-state index in [0.29, 0.717) is 0 Å². The van der Waals surface area contributed by atoms with Gasteiger partial charge in [0.15, 0.2) is 6.10 Å². The molecule has 2 rings (SSSR count). The fraction of sp³-hybridized carbons (Fsp3) is 0.529.